The average Bonchev–Trinajstić information content (AvgIpc) is 3.65. The molecule has 2 aliphatic rings. The van der Waals surface area contributed by atoms with Crippen molar-refractivity contribution in [1.29, 1.82) is 5.26 Å². The fraction of sp³-hybridized carbons (Fsp3) is 0.375. The number of aromatic nitrogens is 4. The van der Waals surface area contributed by atoms with Crippen LogP contribution in [0.4, 0.5) is 24.5 Å². The number of nitriles is 1. The Hall–Kier alpha value is -4.74. The van der Waals surface area contributed by atoms with Gasteiger partial charge in [-0.25, -0.2) is 4.98 Å². The van der Waals surface area contributed by atoms with Crippen molar-refractivity contribution in [3.63, 3.8) is 0 Å². The van der Waals surface area contributed by atoms with E-state index in [0.717, 1.165) is 18.4 Å². The van der Waals surface area contributed by atoms with E-state index >= 15 is 0 Å². The Kier molecular flexibility index (Phi) is 9.28. The first-order chi connectivity index (χ1) is 22.6. The Labute approximate surface area is 273 Å². The molecule has 6 rings (SSSR count). The minimum absolute atomic E-state index is 0.0773. The van der Waals surface area contributed by atoms with E-state index in [9.17, 15) is 23.2 Å². The van der Waals surface area contributed by atoms with Crippen molar-refractivity contribution < 1.29 is 27.2 Å². The van der Waals surface area contributed by atoms with Gasteiger partial charge in [0.15, 0.2) is 0 Å². The van der Waals surface area contributed by atoms with Crippen LogP contribution >= 0.6 is 11.6 Å². The molecule has 2 aromatic carbocycles. The van der Waals surface area contributed by atoms with Gasteiger partial charge in [0.25, 0.3) is 0 Å². The number of hydrogen-bond acceptors (Lipinski definition) is 10. The molecular formula is C32H30ClF3N8O3. The zero-order chi connectivity index (χ0) is 33.0. The number of carbonyl (C=O) groups is 1. The summed E-state index contributed by atoms with van der Waals surface area (Å²) in [7, 11) is 0. The fourth-order valence-corrected chi connectivity index (χ4v) is 5.33. The third-order valence-electron chi connectivity index (χ3n) is 8.07. The van der Waals surface area contributed by atoms with Crippen molar-refractivity contribution in [2.75, 3.05) is 36.8 Å². The molecule has 0 unspecified atom stereocenters. The van der Waals surface area contributed by atoms with Gasteiger partial charge in [0.1, 0.15) is 11.9 Å². The molecule has 1 saturated heterocycles. The van der Waals surface area contributed by atoms with Crippen LogP contribution in [0.5, 0.6) is 5.88 Å². The molecule has 0 atom stereocenters. The molecule has 3 heterocycles. The van der Waals surface area contributed by atoms with Crippen molar-refractivity contribution in [2.45, 2.75) is 44.4 Å². The Morgan fingerprint density at radius 1 is 1.11 bits per heavy atom. The maximum Gasteiger partial charge on any atom is 0.471 e. The van der Waals surface area contributed by atoms with Crippen LogP contribution in [0.15, 0.2) is 59.3 Å². The number of anilines is 2. The Morgan fingerprint density at radius 3 is 2.55 bits per heavy atom. The van der Waals surface area contributed by atoms with Crippen LogP contribution in [0.3, 0.4) is 0 Å². The molecule has 2 fully saturated rings. The minimum Gasteiger partial charge on any atom is -0.474 e. The Morgan fingerprint density at radius 2 is 1.87 bits per heavy atom. The van der Waals surface area contributed by atoms with Crippen molar-refractivity contribution in [3.8, 4) is 23.3 Å². The number of amides is 1. The molecule has 0 bridgehead atoms. The van der Waals surface area contributed by atoms with E-state index in [2.05, 4.69) is 41.3 Å². The highest BCUT2D eigenvalue weighted by Crippen LogP contribution is 2.45. The molecule has 0 spiro atoms. The number of carbonyl (C=O) groups excluding carboxylic acids is 1. The summed E-state index contributed by atoms with van der Waals surface area (Å²) < 4.78 is 49.6. The lowest BCUT2D eigenvalue weighted by Gasteiger charge is -2.31. The number of rotatable bonds is 11. The second-order valence-corrected chi connectivity index (χ2v) is 12.1. The van der Waals surface area contributed by atoms with Crippen LogP contribution in [-0.2, 0) is 17.4 Å². The topological polar surface area (TPSA) is 142 Å². The predicted octanol–water partition coefficient (Wildman–Crippen LogP) is 5.99. The Balaban J connectivity index is 1.05. The van der Waals surface area contributed by atoms with Crippen LogP contribution < -0.4 is 15.4 Å². The van der Waals surface area contributed by atoms with E-state index in [1.54, 1.807) is 18.3 Å². The van der Waals surface area contributed by atoms with Gasteiger partial charge in [-0.3, -0.25) is 9.69 Å². The molecule has 1 aliphatic carbocycles. The summed E-state index contributed by atoms with van der Waals surface area (Å²) in [5, 5.41) is 19.7. The van der Waals surface area contributed by atoms with E-state index < -0.39 is 17.5 Å². The number of nitrogens with one attached hydrogen (secondary N) is 2. The van der Waals surface area contributed by atoms with Crippen LogP contribution in [0.2, 0.25) is 5.02 Å². The summed E-state index contributed by atoms with van der Waals surface area (Å²) in [4.78, 5) is 27.5. The molecular weight excluding hydrogens is 637 g/mol. The third-order valence-corrected chi connectivity index (χ3v) is 8.32. The third kappa shape index (κ3) is 8.35. The van der Waals surface area contributed by atoms with E-state index in [-0.39, 0.29) is 29.9 Å². The van der Waals surface area contributed by atoms with Crippen LogP contribution in [-0.4, -0.2) is 63.2 Å². The largest absolute Gasteiger partial charge is 0.474 e. The number of nitrogens with zero attached hydrogens (tertiary/aromatic N) is 6. The number of benzene rings is 2. The van der Waals surface area contributed by atoms with E-state index in [4.69, 9.17) is 16.3 Å². The number of piperidine rings is 1. The molecule has 2 N–H and O–H groups in total. The first-order valence-electron chi connectivity index (χ1n) is 15.0. The summed E-state index contributed by atoms with van der Waals surface area (Å²) >= 11 is 5.98. The summed E-state index contributed by atoms with van der Waals surface area (Å²) in [6.45, 7) is 1.69. The standard InChI is InChI=1S/C32H30ClF3N8O3/c33-22-4-1-20(2-5-22)15-26-38-12-7-28(41-26)46-23-8-13-44(14-9-23)17-27(45)40-25-16-21(29-42-30(47-43-29)32(34,35)36)3-6-24(25)39-19-31(18-37)10-11-31/h1-7,12,16,23,39H,8-11,13-15,17,19H2,(H,40,45). The van der Waals surface area contributed by atoms with Crippen LogP contribution in [0.1, 0.15) is 43.0 Å². The van der Waals surface area contributed by atoms with Gasteiger partial charge in [0.05, 0.1) is 29.4 Å². The first kappa shape index (κ1) is 32.2. The van der Waals surface area contributed by atoms with Gasteiger partial charge in [-0.15, -0.1) is 0 Å². The van der Waals surface area contributed by atoms with E-state index in [1.807, 2.05) is 29.2 Å². The molecule has 2 aromatic heterocycles. The lowest BCUT2D eigenvalue weighted by molar-refractivity contribution is -0.159. The van der Waals surface area contributed by atoms with E-state index in [0.29, 0.717) is 67.0 Å². The molecule has 1 aliphatic heterocycles. The first-order valence-corrected chi connectivity index (χ1v) is 15.4. The number of alkyl halides is 3. The molecule has 244 valence electrons. The SMILES string of the molecule is N#CC1(CNc2ccc(-c3noc(C(F)(F)F)n3)cc2NC(=O)CN2CCC(Oc3ccnc(Cc4ccc(Cl)cc4)n3)CC2)CC1. The highest BCUT2D eigenvalue weighted by molar-refractivity contribution is 6.30. The van der Waals surface area contributed by atoms with Gasteiger partial charge in [-0.2, -0.15) is 28.4 Å². The van der Waals surface area contributed by atoms with Crippen LogP contribution in [0.25, 0.3) is 11.4 Å². The summed E-state index contributed by atoms with van der Waals surface area (Å²) in [6.07, 6.45) is 0.250. The summed E-state index contributed by atoms with van der Waals surface area (Å²) in [5.74, 6) is -0.906. The number of hydrogen-bond donors (Lipinski definition) is 2. The zero-order valence-electron chi connectivity index (χ0n) is 25.1. The second kappa shape index (κ2) is 13.5. The number of halogens is 4. The summed E-state index contributed by atoms with van der Waals surface area (Å²) in [5.41, 5.74) is 1.65. The highest BCUT2D eigenvalue weighted by Gasteiger charge is 2.43. The van der Waals surface area contributed by atoms with Crippen molar-refractivity contribution in [2.24, 2.45) is 5.41 Å². The van der Waals surface area contributed by atoms with Gasteiger partial charge in [0, 0.05) is 48.9 Å². The normalized spacial score (nSPS) is 16.3. The van der Waals surface area contributed by atoms with Gasteiger partial charge in [0.2, 0.25) is 17.6 Å². The fourth-order valence-electron chi connectivity index (χ4n) is 5.21. The van der Waals surface area contributed by atoms with Crippen LogP contribution in [0, 0.1) is 16.7 Å². The van der Waals surface area contributed by atoms with Gasteiger partial charge in [-0.05, 0) is 61.6 Å². The second-order valence-electron chi connectivity index (χ2n) is 11.7. The monoisotopic (exact) mass is 666 g/mol. The summed E-state index contributed by atoms with van der Waals surface area (Å²) in [6, 6.07) is 16.2. The number of ether oxygens (including phenoxy) is 1. The molecule has 1 amide bonds. The van der Waals surface area contributed by atoms with Gasteiger partial charge in [-0.1, -0.05) is 28.9 Å². The maximum absolute atomic E-state index is 13.2. The minimum atomic E-state index is -4.78. The molecule has 4 aromatic rings. The highest BCUT2D eigenvalue weighted by atomic mass is 35.5. The zero-order valence-corrected chi connectivity index (χ0v) is 25.8. The molecule has 47 heavy (non-hydrogen) atoms. The Bertz CT molecular complexity index is 1760. The van der Waals surface area contributed by atoms with Crippen molar-refractivity contribution >= 4 is 28.9 Å². The van der Waals surface area contributed by atoms with Gasteiger partial charge < -0.3 is 19.9 Å². The lowest BCUT2D eigenvalue weighted by Crippen LogP contribution is -2.42. The average molecular weight is 667 g/mol. The molecule has 11 nitrogen and oxygen atoms in total. The predicted molar refractivity (Wildman–Crippen MR) is 166 cm³/mol. The maximum atomic E-state index is 13.2. The molecule has 15 heteroatoms. The molecule has 1 saturated carbocycles. The smallest absolute Gasteiger partial charge is 0.471 e. The van der Waals surface area contributed by atoms with Crippen molar-refractivity contribution in [3.05, 3.63) is 77.0 Å². The quantitative estimate of drug-likeness (QED) is 0.196. The van der Waals surface area contributed by atoms with E-state index in [1.165, 1.54) is 12.1 Å². The number of likely N-dealkylation sites (tertiary alicyclic amines) is 1. The van der Waals surface area contributed by atoms with Gasteiger partial charge >= 0.3 is 12.1 Å². The molecule has 0 radical (unpaired) electrons. The lowest BCUT2D eigenvalue weighted by atomic mass is 10.1. The van der Waals surface area contributed by atoms with Crippen molar-refractivity contribution in [1.82, 2.24) is 25.0 Å².